The Morgan fingerprint density at radius 3 is 2.85 bits per heavy atom. The molecule has 20 heavy (non-hydrogen) atoms. The van der Waals surface area contributed by atoms with Crippen LogP contribution in [0.2, 0.25) is 0 Å². The van der Waals surface area contributed by atoms with Crippen molar-refractivity contribution in [3.05, 3.63) is 23.8 Å². The van der Waals surface area contributed by atoms with E-state index >= 15 is 0 Å². The van der Waals surface area contributed by atoms with Gasteiger partial charge in [0.1, 0.15) is 0 Å². The first-order valence-electron chi connectivity index (χ1n) is 7.29. The van der Waals surface area contributed by atoms with Crippen LogP contribution in [0.3, 0.4) is 0 Å². The van der Waals surface area contributed by atoms with Gasteiger partial charge in [0.2, 0.25) is 0 Å². The summed E-state index contributed by atoms with van der Waals surface area (Å²) in [5.74, 6) is -0.653. The zero-order chi connectivity index (χ0) is 14.6. The van der Waals surface area contributed by atoms with E-state index in [1.807, 2.05) is 6.92 Å². The van der Waals surface area contributed by atoms with Crippen LogP contribution in [-0.2, 0) is 11.3 Å². The van der Waals surface area contributed by atoms with Gasteiger partial charge in [-0.25, -0.2) is 0 Å². The summed E-state index contributed by atoms with van der Waals surface area (Å²) in [5.41, 5.74) is 1.29. The topological polar surface area (TPSA) is 66.3 Å². The highest BCUT2D eigenvalue weighted by molar-refractivity contribution is 5.75. The van der Waals surface area contributed by atoms with Gasteiger partial charge in [0.25, 0.3) is 0 Å². The molecule has 2 rings (SSSR count). The number of aromatic nitrogens is 2. The van der Waals surface area contributed by atoms with Crippen LogP contribution in [0.4, 0.5) is 0 Å². The SMILES string of the molecule is CCCC1(C(=O)O)CCCN(Cc2nccnc2C)C1. The number of carbonyl (C=O) groups is 1. The summed E-state index contributed by atoms with van der Waals surface area (Å²) in [6, 6.07) is 0. The summed E-state index contributed by atoms with van der Waals surface area (Å²) in [7, 11) is 0. The zero-order valence-corrected chi connectivity index (χ0v) is 12.3. The molecule has 1 atom stereocenters. The Morgan fingerprint density at radius 1 is 1.45 bits per heavy atom. The van der Waals surface area contributed by atoms with Crippen LogP contribution < -0.4 is 0 Å². The predicted molar refractivity (Wildman–Crippen MR) is 76.3 cm³/mol. The Bertz CT molecular complexity index is 474. The van der Waals surface area contributed by atoms with E-state index in [-0.39, 0.29) is 0 Å². The molecule has 0 saturated carbocycles. The highest BCUT2D eigenvalue weighted by atomic mass is 16.4. The van der Waals surface area contributed by atoms with Crippen molar-refractivity contribution in [3.8, 4) is 0 Å². The number of hydrogen-bond donors (Lipinski definition) is 1. The molecule has 1 saturated heterocycles. The van der Waals surface area contributed by atoms with E-state index in [1.165, 1.54) is 0 Å². The molecule has 110 valence electrons. The Balaban J connectivity index is 2.10. The van der Waals surface area contributed by atoms with Crippen molar-refractivity contribution in [1.29, 1.82) is 0 Å². The summed E-state index contributed by atoms with van der Waals surface area (Å²) < 4.78 is 0. The first kappa shape index (κ1) is 14.9. The van der Waals surface area contributed by atoms with Crippen LogP contribution in [0.5, 0.6) is 0 Å². The largest absolute Gasteiger partial charge is 0.481 e. The molecule has 1 aromatic rings. The fourth-order valence-corrected chi connectivity index (χ4v) is 3.13. The van der Waals surface area contributed by atoms with Gasteiger partial charge in [-0.05, 0) is 32.7 Å². The van der Waals surface area contributed by atoms with Crippen molar-refractivity contribution in [2.75, 3.05) is 13.1 Å². The average molecular weight is 277 g/mol. The number of aliphatic carboxylic acids is 1. The lowest BCUT2D eigenvalue weighted by Gasteiger charge is -2.39. The second-order valence-electron chi connectivity index (χ2n) is 5.74. The van der Waals surface area contributed by atoms with E-state index in [0.29, 0.717) is 13.1 Å². The standard InChI is InChI=1S/C15H23N3O2/c1-3-5-15(14(19)20)6-4-9-18(11-15)10-13-12(2)16-7-8-17-13/h7-8H,3-6,9-11H2,1-2H3,(H,19,20). The van der Waals surface area contributed by atoms with Crippen molar-refractivity contribution in [2.45, 2.75) is 46.1 Å². The number of likely N-dealkylation sites (tertiary alicyclic amines) is 1. The molecule has 2 heterocycles. The molecule has 0 radical (unpaired) electrons. The third kappa shape index (κ3) is 3.15. The number of hydrogen-bond acceptors (Lipinski definition) is 4. The van der Waals surface area contributed by atoms with Crippen LogP contribution >= 0.6 is 0 Å². The Morgan fingerprint density at radius 2 is 2.20 bits per heavy atom. The molecule has 0 amide bonds. The van der Waals surface area contributed by atoms with Gasteiger partial charge in [-0.1, -0.05) is 13.3 Å². The average Bonchev–Trinajstić information content (AvgIpc) is 2.42. The molecular weight excluding hydrogens is 254 g/mol. The first-order chi connectivity index (χ1) is 9.57. The molecule has 1 aliphatic rings. The van der Waals surface area contributed by atoms with E-state index in [0.717, 1.165) is 43.6 Å². The molecule has 1 N–H and O–H groups in total. The van der Waals surface area contributed by atoms with E-state index in [9.17, 15) is 9.90 Å². The van der Waals surface area contributed by atoms with Gasteiger partial charge in [0, 0.05) is 25.5 Å². The van der Waals surface area contributed by atoms with Crippen LogP contribution in [-0.4, -0.2) is 39.0 Å². The molecule has 0 aliphatic carbocycles. The van der Waals surface area contributed by atoms with Crippen molar-refractivity contribution >= 4 is 5.97 Å². The van der Waals surface area contributed by atoms with Crippen molar-refractivity contribution in [2.24, 2.45) is 5.41 Å². The van der Waals surface area contributed by atoms with Gasteiger partial charge in [0.15, 0.2) is 0 Å². The number of carboxylic acid groups (broad SMARTS) is 1. The normalized spacial score (nSPS) is 23.7. The predicted octanol–water partition coefficient (Wildman–Crippen LogP) is 2.25. The van der Waals surface area contributed by atoms with Gasteiger partial charge in [-0.3, -0.25) is 19.7 Å². The molecule has 1 fully saturated rings. The Kier molecular flexibility index (Phi) is 4.70. The molecule has 5 heteroatoms. The van der Waals surface area contributed by atoms with E-state index in [1.54, 1.807) is 12.4 Å². The van der Waals surface area contributed by atoms with Crippen LogP contribution in [0, 0.1) is 12.3 Å². The van der Waals surface area contributed by atoms with Crippen LogP contribution in [0.15, 0.2) is 12.4 Å². The summed E-state index contributed by atoms with van der Waals surface area (Å²) in [6.45, 7) is 6.25. The van der Waals surface area contributed by atoms with Gasteiger partial charge >= 0.3 is 5.97 Å². The van der Waals surface area contributed by atoms with E-state index in [2.05, 4.69) is 21.8 Å². The molecule has 1 unspecified atom stereocenters. The van der Waals surface area contributed by atoms with Gasteiger partial charge in [-0.15, -0.1) is 0 Å². The minimum Gasteiger partial charge on any atom is -0.481 e. The lowest BCUT2D eigenvalue weighted by atomic mass is 9.76. The van der Waals surface area contributed by atoms with Crippen molar-refractivity contribution in [1.82, 2.24) is 14.9 Å². The third-order valence-corrected chi connectivity index (χ3v) is 4.19. The summed E-state index contributed by atoms with van der Waals surface area (Å²) in [5, 5.41) is 9.60. The highest BCUT2D eigenvalue weighted by Gasteiger charge is 2.41. The molecule has 1 aromatic heterocycles. The third-order valence-electron chi connectivity index (χ3n) is 4.19. The number of piperidine rings is 1. The van der Waals surface area contributed by atoms with Crippen molar-refractivity contribution in [3.63, 3.8) is 0 Å². The van der Waals surface area contributed by atoms with E-state index in [4.69, 9.17) is 0 Å². The maximum Gasteiger partial charge on any atom is 0.310 e. The number of rotatable bonds is 5. The molecule has 0 aromatic carbocycles. The monoisotopic (exact) mass is 277 g/mol. The number of nitrogens with zero attached hydrogens (tertiary/aromatic N) is 3. The van der Waals surface area contributed by atoms with Crippen molar-refractivity contribution < 1.29 is 9.90 Å². The van der Waals surface area contributed by atoms with Crippen LogP contribution in [0.25, 0.3) is 0 Å². The van der Waals surface area contributed by atoms with Gasteiger partial charge in [0.05, 0.1) is 16.8 Å². The highest BCUT2D eigenvalue weighted by Crippen LogP contribution is 2.35. The van der Waals surface area contributed by atoms with Gasteiger partial charge in [-0.2, -0.15) is 0 Å². The number of aryl methyl sites for hydroxylation is 1. The smallest absolute Gasteiger partial charge is 0.310 e. The minimum atomic E-state index is -0.653. The quantitative estimate of drug-likeness (QED) is 0.894. The minimum absolute atomic E-state index is 0.580. The second kappa shape index (κ2) is 6.31. The summed E-state index contributed by atoms with van der Waals surface area (Å²) >= 11 is 0. The molecular formula is C15H23N3O2. The molecule has 1 aliphatic heterocycles. The first-order valence-corrected chi connectivity index (χ1v) is 7.29. The maximum atomic E-state index is 11.7. The Hall–Kier alpha value is -1.49. The fraction of sp³-hybridized carbons (Fsp3) is 0.667. The lowest BCUT2D eigenvalue weighted by molar-refractivity contribution is -0.153. The number of carboxylic acids is 1. The van der Waals surface area contributed by atoms with Crippen LogP contribution in [0.1, 0.15) is 44.0 Å². The fourth-order valence-electron chi connectivity index (χ4n) is 3.13. The Labute approximate surface area is 120 Å². The molecule has 0 bridgehead atoms. The summed E-state index contributed by atoms with van der Waals surface area (Å²) in [6.07, 6.45) is 6.76. The zero-order valence-electron chi connectivity index (χ0n) is 12.3. The van der Waals surface area contributed by atoms with E-state index < -0.39 is 11.4 Å². The summed E-state index contributed by atoms with van der Waals surface area (Å²) in [4.78, 5) is 22.5. The maximum absolute atomic E-state index is 11.7. The molecule has 5 nitrogen and oxygen atoms in total. The van der Waals surface area contributed by atoms with Gasteiger partial charge < -0.3 is 5.11 Å². The lowest BCUT2D eigenvalue weighted by Crippen LogP contribution is -2.47. The second-order valence-corrected chi connectivity index (χ2v) is 5.74. The molecule has 0 spiro atoms.